The molecule has 5 rings (SSSR count). The van der Waals surface area contributed by atoms with Crippen LogP contribution in [-0.4, -0.2) is 42.3 Å². The molecule has 0 bridgehead atoms. The summed E-state index contributed by atoms with van der Waals surface area (Å²) in [5.74, 6) is 0.934. The van der Waals surface area contributed by atoms with Crippen LogP contribution in [0, 0.1) is 11.3 Å². The first kappa shape index (κ1) is 18.8. The van der Waals surface area contributed by atoms with Crippen molar-refractivity contribution in [3.63, 3.8) is 0 Å². The molecule has 1 N–H and O–H groups in total. The van der Waals surface area contributed by atoms with Gasteiger partial charge in [-0.3, -0.25) is 0 Å². The summed E-state index contributed by atoms with van der Waals surface area (Å²) in [6.07, 6.45) is 3.96. The number of nitrogens with zero attached hydrogens (tertiary/aromatic N) is 4. The summed E-state index contributed by atoms with van der Waals surface area (Å²) < 4.78 is 6.40. The van der Waals surface area contributed by atoms with Gasteiger partial charge < -0.3 is 15.0 Å². The van der Waals surface area contributed by atoms with Gasteiger partial charge >= 0.3 is 0 Å². The Morgan fingerprint density at radius 2 is 2.21 bits per heavy atom. The lowest BCUT2D eigenvalue weighted by Gasteiger charge is -2.43. The van der Waals surface area contributed by atoms with Crippen molar-refractivity contribution in [1.29, 1.82) is 5.26 Å². The minimum atomic E-state index is -0.316. The zero-order valence-electron chi connectivity index (χ0n) is 16.3. The summed E-state index contributed by atoms with van der Waals surface area (Å²) in [7, 11) is 0. The topological polar surface area (TPSA) is 74.1 Å². The van der Waals surface area contributed by atoms with Crippen molar-refractivity contribution in [2.75, 3.05) is 31.1 Å². The number of hydrogen-bond donors (Lipinski definition) is 1. The van der Waals surface area contributed by atoms with E-state index in [9.17, 15) is 0 Å². The van der Waals surface area contributed by atoms with Gasteiger partial charge in [-0.2, -0.15) is 5.26 Å². The molecule has 6 nitrogen and oxygen atoms in total. The second kappa shape index (κ2) is 7.56. The first-order valence-corrected chi connectivity index (χ1v) is 10.7. The highest BCUT2D eigenvalue weighted by Gasteiger charge is 2.42. The molecule has 1 aromatic carbocycles. The minimum absolute atomic E-state index is 0.154. The Bertz CT molecular complexity index is 974. The van der Waals surface area contributed by atoms with Gasteiger partial charge in [0.15, 0.2) is 0 Å². The molecule has 2 atom stereocenters. The number of piperazine rings is 1. The molecule has 0 saturated carbocycles. The van der Waals surface area contributed by atoms with Crippen molar-refractivity contribution >= 4 is 17.4 Å². The number of anilines is 1. The number of nitriles is 1. The van der Waals surface area contributed by atoms with Crippen LogP contribution in [0.3, 0.4) is 0 Å². The van der Waals surface area contributed by atoms with Crippen LogP contribution >= 0.6 is 11.6 Å². The second-order valence-electron chi connectivity index (χ2n) is 8.13. The molecule has 1 aliphatic carbocycles. The highest BCUT2D eigenvalue weighted by Crippen LogP contribution is 2.44. The minimum Gasteiger partial charge on any atom is -0.370 e. The zero-order chi connectivity index (χ0) is 19.8. The van der Waals surface area contributed by atoms with Crippen molar-refractivity contribution in [1.82, 2.24) is 15.3 Å². The van der Waals surface area contributed by atoms with Crippen LogP contribution in [0.4, 0.5) is 5.82 Å². The van der Waals surface area contributed by atoms with Gasteiger partial charge in [-0.15, -0.1) is 0 Å². The monoisotopic (exact) mass is 409 g/mol. The number of ether oxygens (including phenoxy) is 1. The smallest absolute Gasteiger partial charge is 0.224 e. The summed E-state index contributed by atoms with van der Waals surface area (Å²) in [6.45, 7) is 3.19. The molecule has 150 valence electrons. The third kappa shape index (κ3) is 3.38. The number of nitrogens with one attached hydrogen (secondary N) is 1. The Hall–Kier alpha value is -2.20. The summed E-state index contributed by atoms with van der Waals surface area (Å²) >= 11 is 6.37. The van der Waals surface area contributed by atoms with E-state index in [4.69, 9.17) is 21.6 Å². The van der Waals surface area contributed by atoms with Crippen LogP contribution in [0.2, 0.25) is 5.28 Å². The quantitative estimate of drug-likeness (QED) is 0.769. The molecule has 3 heterocycles. The van der Waals surface area contributed by atoms with E-state index >= 15 is 0 Å². The molecule has 2 aromatic rings. The van der Waals surface area contributed by atoms with Crippen LogP contribution in [0.15, 0.2) is 24.3 Å². The maximum absolute atomic E-state index is 9.06. The van der Waals surface area contributed by atoms with E-state index in [0.717, 1.165) is 63.4 Å². The van der Waals surface area contributed by atoms with Gasteiger partial charge in [0, 0.05) is 37.7 Å². The van der Waals surface area contributed by atoms with E-state index in [0.29, 0.717) is 6.42 Å². The van der Waals surface area contributed by atoms with Crippen molar-refractivity contribution in [2.45, 2.75) is 43.7 Å². The molecule has 0 radical (unpaired) electrons. The lowest BCUT2D eigenvalue weighted by molar-refractivity contribution is -0.0707. The van der Waals surface area contributed by atoms with Gasteiger partial charge in [-0.1, -0.05) is 24.3 Å². The van der Waals surface area contributed by atoms with Crippen molar-refractivity contribution in [3.05, 3.63) is 51.9 Å². The highest BCUT2D eigenvalue weighted by molar-refractivity contribution is 6.28. The van der Waals surface area contributed by atoms with Crippen LogP contribution in [0.25, 0.3) is 0 Å². The molecule has 1 fully saturated rings. The summed E-state index contributed by atoms with van der Waals surface area (Å²) in [6, 6.07) is 11.0. The number of hydrogen-bond acceptors (Lipinski definition) is 6. The molecule has 2 aliphatic heterocycles. The van der Waals surface area contributed by atoms with Gasteiger partial charge in [0.05, 0.1) is 30.4 Å². The fraction of sp³-hybridized carbons (Fsp3) is 0.500. The van der Waals surface area contributed by atoms with Gasteiger partial charge in [0.2, 0.25) is 5.28 Å². The second-order valence-corrected chi connectivity index (χ2v) is 8.47. The highest BCUT2D eigenvalue weighted by atomic mass is 35.5. The third-order valence-corrected chi connectivity index (χ3v) is 6.60. The lowest BCUT2D eigenvalue weighted by atomic mass is 9.75. The number of fused-ring (bicyclic) bond motifs is 3. The SMILES string of the molecule is N#CC[C@H]1CN(c2nc(Cl)nc3c2CCC2(C3)OCCc3ccccc32)CCN1. The van der Waals surface area contributed by atoms with E-state index in [1.165, 1.54) is 16.7 Å². The summed E-state index contributed by atoms with van der Waals surface area (Å²) in [5.41, 5.74) is 4.54. The number of rotatable bonds is 2. The van der Waals surface area contributed by atoms with Crippen LogP contribution in [0.1, 0.15) is 35.2 Å². The molecule has 3 aliphatic rings. The summed E-state index contributed by atoms with van der Waals surface area (Å²) in [5, 5.41) is 12.8. The molecule has 7 heteroatoms. The molecular formula is C22H24ClN5O. The fourth-order valence-corrected chi connectivity index (χ4v) is 5.25. The maximum Gasteiger partial charge on any atom is 0.224 e. The largest absolute Gasteiger partial charge is 0.370 e. The van der Waals surface area contributed by atoms with Crippen LogP contribution in [0.5, 0.6) is 0 Å². The molecule has 1 saturated heterocycles. The molecule has 1 aromatic heterocycles. The van der Waals surface area contributed by atoms with E-state index in [2.05, 4.69) is 50.5 Å². The van der Waals surface area contributed by atoms with Crippen molar-refractivity contribution < 1.29 is 4.74 Å². The van der Waals surface area contributed by atoms with Crippen molar-refractivity contribution in [3.8, 4) is 6.07 Å². The Labute approximate surface area is 175 Å². The molecular weight excluding hydrogens is 386 g/mol. The normalized spacial score (nSPS) is 25.9. The molecule has 0 amide bonds. The first-order chi connectivity index (χ1) is 14.2. The van der Waals surface area contributed by atoms with Crippen molar-refractivity contribution in [2.24, 2.45) is 0 Å². The fourth-order valence-electron chi connectivity index (χ4n) is 5.07. The Morgan fingerprint density at radius 3 is 3.10 bits per heavy atom. The Kier molecular flexibility index (Phi) is 4.91. The van der Waals surface area contributed by atoms with Crippen LogP contribution in [-0.2, 0) is 29.6 Å². The maximum atomic E-state index is 9.06. The standard InChI is InChI=1S/C22H24ClN5O/c23-21-26-19-13-22(18-4-2-1-3-15(18)7-12-29-22)8-5-17(19)20(27-21)28-11-10-25-16(14-28)6-9-24/h1-4,16,25H,5-8,10-14H2/t16-,22?/m0/s1. The molecule has 29 heavy (non-hydrogen) atoms. The predicted molar refractivity (Wildman–Crippen MR) is 111 cm³/mol. The molecule has 1 spiro atoms. The number of halogens is 1. The van der Waals surface area contributed by atoms with E-state index in [1.54, 1.807) is 0 Å². The van der Waals surface area contributed by atoms with Gasteiger partial charge in [-0.25, -0.2) is 9.97 Å². The van der Waals surface area contributed by atoms with Gasteiger partial charge in [0.1, 0.15) is 5.82 Å². The lowest BCUT2D eigenvalue weighted by Crippen LogP contribution is -2.51. The van der Waals surface area contributed by atoms with E-state index in [1.807, 2.05) is 0 Å². The van der Waals surface area contributed by atoms with Crippen LogP contribution < -0.4 is 10.2 Å². The number of aromatic nitrogens is 2. The first-order valence-electron chi connectivity index (χ1n) is 10.3. The molecule has 1 unspecified atom stereocenters. The van der Waals surface area contributed by atoms with E-state index < -0.39 is 0 Å². The van der Waals surface area contributed by atoms with Gasteiger partial charge in [0.25, 0.3) is 0 Å². The average Bonchev–Trinajstić information content (AvgIpc) is 2.74. The predicted octanol–water partition coefficient (Wildman–Crippen LogP) is 2.78. The Balaban J connectivity index is 1.50. The van der Waals surface area contributed by atoms with E-state index in [-0.39, 0.29) is 16.9 Å². The number of benzene rings is 1. The average molecular weight is 410 g/mol. The van der Waals surface area contributed by atoms with Gasteiger partial charge in [-0.05, 0) is 42.0 Å². The zero-order valence-corrected chi connectivity index (χ0v) is 17.1. The summed E-state index contributed by atoms with van der Waals surface area (Å²) in [4.78, 5) is 11.5. The Morgan fingerprint density at radius 1 is 1.31 bits per heavy atom. The third-order valence-electron chi connectivity index (χ3n) is 6.43.